The van der Waals surface area contributed by atoms with Crippen LogP contribution in [-0.4, -0.2) is 60.4 Å². The summed E-state index contributed by atoms with van der Waals surface area (Å²) in [6.45, 7) is 1.64. The Morgan fingerprint density at radius 2 is 1.29 bits per heavy atom. The van der Waals surface area contributed by atoms with Crippen molar-refractivity contribution in [2.24, 2.45) is 0 Å². The average molecular weight is 593 g/mol. The number of esters is 1. The molecule has 1 aliphatic heterocycles. The number of carbonyl (C=O) groups excluding carboxylic acids is 2. The van der Waals surface area contributed by atoms with Crippen molar-refractivity contribution in [3.8, 4) is 0 Å². The van der Waals surface area contributed by atoms with Crippen molar-refractivity contribution in [2.75, 3.05) is 26.4 Å². The Balaban J connectivity index is 0.000000381. The van der Waals surface area contributed by atoms with Crippen LogP contribution in [0.3, 0.4) is 0 Å². The van der Waals surface area contributed by atoms with Gasteiger partial charge >= 0.3 is 57.4 Å². The van der Waals surface area contributed by atoms with Gasteiger partial charge in [0.1, 0.15) is 18.8 Å². The summed E-state index contributed by atoms with van der Waals surface area (Å²) in [6.07, 6.45) is -0.624. The van der Waals surface area contributed by atoms with Crippen LogP contribution in [0.4, 0.5) is 11.4 Å². The van der Waals surface area contributed by atoms with Crippen molar-refractivity contribution in [1.82, 2.24) is 0 Å². The zero-order valence-corrected chi connectivity index (χ0v) is 25.2. The minimum absolute atomic E-state index is 0. The zero-order valence-electron chi connectivity index (χ0n) is 22.1. The molecule has 13 nitrogen and oxygen atoms in total. The first-order valence-electron chi connectivity index (χ1n) is 11.9. The quantitative estimate of drug-likeness (QED) is 0.131. The van der Waals surface area contributed by atoms with Crippen molar-refractivity contribution in [3.05, 3.63) is 116 Å². The molecule has 0 bridgehead atoms. The fourth-order valence-corrected chi connectivity index (χ4v) is 3.43. The second-order valence-corrected chi connectivity index (χ2v) is 8.41. The second kappa shape index (κ2) is 17.7. The third-order valence-corrected chi connectivity index (χ3v) is 5.44. The first kappa shape index (κ1) is 34.1. The fraction of sp³-hybridized carbons (Fsp3) is 0.259. The maximum atomic E-state index is 12.1. The number of nitro benzene ring substituents is 2. The number of benzene rings is 3. The maximum absolute atomic E-state index is 12.1. The van der Waals surface area contributed by atoms with Crippen molar-refractivity contribution >= 4 is 23.3 Å². The monoisotopic (exact) mass is 592 g/mol. The van der Waals surface area contributed by atoms with Crippen molar-refractivity contribution in [1.29, 1.82) is 0 Å². The summed E-state index contributed by atoms with van der Waals surface area (Å²) in [6, 6.07) is 19.6. The van der Waals surface area contributed by atoms with Gasteiger partial charge in [-0.3, -0.25) is 20.2 Å². The Kier molecular flexibility index (Phi) is 14.7. The largest absolute Gasteiger partial charge is 1.00 e. The van der Waals surface area contributed by atoms with E-state index in [4.69, 9.17) is 18.9 Å². The molecular formula is C27H25KN2O11. The normalized spacial score (nSPS) is 15.8. The summed E-state index contributed by atoms with van der Waals surface area (Å²) in [7, 11) is 0. The fourth-order valence-electron chi connectivity index (χ4n) is 3.43. The van der Waals surface area contributed by atoms with Crippen LogP contribution in [-0.2, 0) is 25.6 Å². The number of hydrogen-bond acceptors (Lipinski definition) is 11. The molecule has 41 heavy (non-hydrogen) atoms. The number of nitrogens with zero attached hydrogens (tertiary/aromatic N) is 2. The number of carboxylic acids is 1. The molecule has 0 saturated carbocycles. The van der Waals surface area contributed by atoms with Crippen LogP contribution in [0.15, 0.2) is 78.9 Å². The van der Waals surface area contributed by atoms with Crippen LogP contribution in [0, 0.1) is 20.2 Å². The van der Waals surface area contributed by atoms with Crippen molar-refractivity contribution < 1.29 is 94.9 Å². The zero-order chi connectivity index (χ0) is 28.9. The summed E-state index contributed by atoms with van der Waals surface area (Å²) in [4.78, 5) is 41.9. The van der Waals surface area contributed by atoms with E-state index in [1.165, 1.54) is 24.3 Å². The van der Waals surface area contributed by atoms with E-state index in [1.807, 2.05) is 30.3 Å². The first-order valence-corrected chi connectivity index (χ1v) is 11.9. The average Bonchev–Trinajstić information content (AvgIpc) is 2.97. The third kappa shape index (κ3) is 11.7. The minimum atomic E-state index is -1.34. The Morgan fingerprint density at radius 1 is 0.780 bits per heavy atom. The van der Waals surface area contributed by atoms with E-state index in [-0.39, 0.29) is 92.7 Å². The van der Waals surface area contributed by atoms with Gasteiger partial charge in [0.05, 0.1) is 47.8 Å². The van der Waals surface area contributed by atoms with Gasteiger partial charge in [0.2, 0.25) is 0 Å². The minimum Gasteiger partial charge on any atom is -0.545 e. The Hall–Kier alpha value is -3.08. The predicted octanol–water partition coefficient (Wildman–Crippen LogP) is -0.285. The van der Waals surface area contributed by atoms with E-state index in [1.54, 1.807) is 0 Å². The Morgan fingerprint density at radius 3 is 1.80 bits per heavy atom. The van der Waals surface area contributed by atoms with Crippen LogP contribution >= 0.6 is 0 Å². The van der Waals surface area contributed by atoms with Crippen molar-refractivity contribution in [3.63, 3.8) is 0 Å². The summed E-state index contributed by atoms with van der Waals surface area (Å²) >= 11 is 0. The van der Waals surface area contributed by atoms with E-state index < -0.39 is 21.8 Å². The molecular weight excluding hydrogens is 567 g/mol. The Bertz CT molecular complexity index is 1260. The van der Waals surface area contributed by atoms with Gasteiger partial charge < -0.3 is 28.8 Å². The molecule has 1 fully saturated rings. The van der Waals surface area contributed by atoms with Crippen LogP contribution in [0.1, 0.15) is 26.3 Å². The number of non-ortho nitro benzene ring substituents is 2. The van der Waals surface area contributed by atoms with Crippen molar-refractivity contribution in [2.45, 2.75) is 18.8 Å². The standard InChI is InChI=1S/C20H21NO7.C7H5NO4.K/c22-20(16-6-8-17(9-7-16)21(23)24)27-14-19-13-26-12-18(28-19)11-25-10-15-4-2-1-3-5-15;9-7(10)5-1-3-6(4-2-5)8(11)12;/h1-9,18-19H,10-14H2;1-4H,(H,9,10);/q;;+1/p-1/t18-,19?;;/m0../s1. The van der Waals surface area contributed by atoms with Gasteiger partial charge in [-0.25, -0.2) is 4.79 Å². The molecule has 0 radical (unpaired) electrons. The summed E-state index contributed by atoms with van der Waals surface area (Å²) in [5.41, 5.74) is 1.03. The second-order valence-electron chi connectivity index (χ2n) is 8.41. The molecule has 4 rings (SSSR count). The molecule has 1 aliphatic rings. The summed E-state index contributed by atoms with van der Waals surface area (Å²) in [5, 5.41) is 31.0. The van der Waals surface area contributed by atoms with Gasteiger partial charge in [-0.05, 0) is 35.4 Å². The van der Waals surface area contributed by atoms with Gasteiger partial charge in [0, 0.05) is 24.3 Å². The third-order valence-electron chi connectivity index (χ3n) is 5.44. The molecule has 0 spiro atoms. The number of rotatable bonds is 10. The smallest absolute Gasteiger partial charge is 0.545 e. The molecule has 3 aromatic carbocycles. The van der Waals surface area contributed by atoms with Crippen LogP contribution in [0.25, 0.3) is 0 Å². The van der Waals surface area contributed by atoms with E-state index in [9.17, 15) is 34.9 Å². The SMILES string of the molecule is O=C(OCC1COC[C@H](COCc2ccccc2)O1)c1ccc([N+](=O)[O-])cc1.O=C([O-])c1ccc([N+](=O)[O-])cc1.[K+]. The van der Waals surface area contributed by atoms with Gasteiger partial charge in [0.15, 0.2) is 0 Å². The summed E-state index contributed by atoms with van der Waals surface area (Å²) < 4.78 is 22.3. The molecule has 0 N–H and O–H groups in total. The molecule has 210 valence electrons. The van der Waals surface area contributed by atoms with Crippen LogP contribution < -0.4 is 56.5 Å². The Labute approximate surface area is 277 Å². The first-order chi connectivity index (χ1) is 19.2. The topological polar surface area (TPSA) is 180 Å². The number of carbonyl (C=O) groups is 2. The number of ether oxygens (including phenoxy) is 4. The molecule has 2 atom stereocenters. The molecule has 0 aromatic heterocycles. The van der Waals surface area contributed by atoms with Gasteiger partial charge in [-0.15, -0.1) is 0 Å². The van der Waals surface area contributed by atoms with E-state index >= 15 is 0 Å². The molecule has 0 amide bonds. The van der Waals surface area contributed by atoms with E-state index in [2.05, 4.69) is 0 Å². The molecule has 1 unspecified atom stereocenters. The number of hydrogen-bond donors (Lipinski definition) is 0. The molecule has 0 aliphatic carbocycles. The van der Waals surface area contributed by atoms with Crippen LogP contribution in [0.5, 0.6) is 0 Å². The van der Waals surface area contributed by atoms with Gasteiger partial charge in [-0.2, -0.15) is 0 Å². The molecule has 1 saturated heterocycles. The van der Waals surface area contributed by atoms with E-state index in [0.717, 1.165) is 29.8 Å². The molecule has 3 aromatic rings. The molecule has 1 heterocycles. The number of aromatic carboxylic acids is 1. The number of nitro groups is 2. The van der Waals surface area contributed by atoms with E-state index in [0.29, 0.717) is 26.4 Å². The predicted molar refractivity (Wildman–Crippen MR) is 136 cm³/mol. The maximum Gasteiger partial charge on any atom is 1.00 e. The molecule has 14 heteroatoms. The number of carboxylic acid groups (broad SMARTS) is 1. The van der Waals surface area contributed by atoms with Gasteiger partial charge in [0.25, 0.3) is 11.4 Å². The summed E-state index contributed by atoms with van der Waals surface area (Å²) in [5.74, 6) is -1.91. The van der Waals surface area contributed by atoms with Crippen LogP contribution in [0.2, 0.25) is 0 Å². The van der Waals surface area contributed by atoms with Gasteiger partial charge in [-0.1, -0.05) is 30.3 Å².